The van der Waals surface area contributed by atoms with Crippen LogP contribution in [0.5, 0.6) is 0 Å². The maximum atomic E-state index is 12.8. The first-order valence-corrected chi connectivity index (χ1v) is 7.22. The molecule has 132 valence electrons. The number of amides is 2. The van der Waals surface area contributed by atoms with Crippen LogP contribution in [0.4, 0.5) is 23.2 Å². The van der Waals surface area contributed by atoms with Crippen molar-refractivity contribution in [1.82, 2.24) is 5.32 Å². The van der Waals surface area contributed by atoms with E-state index in [-0.39, 0.29) is 12.2 Å². The molecule has 0 saturated carbocycles. The fourth-order valence-electron chi connectivity index (χ4n) is 1.96. The van der Waals surface area contributed by atoms with Crippen LogP contribution in [0.3, 0.4) is 0 Å². The summed E-state index contributed by atoms with van der Waals surface area (Å²) in [6.07, 6.45) is -4.94. The molecule has 0 atom stereocenters. The molecular formula is C17H14F4N2O2. The standard InChI is InChI=1S/C17H14F4N2O2/c18-13-5-1-11(2-6-13)10-22-15(24)9-16(25)23-14-7-3-12(4-8-14)17(19,20)21/h1-8H,9-10H2,(H,22,24)(H,23,25). The van der Waals surface area contributed by atoms with E-state index in [9.17, 15) is 27.2 Å². The van der Waals surface area contributed by atoms with Crippen LogP contribution in [0.25, 0.3) is 0 Å². The zero-order chi connectivity index (χ0) is 18.4. The van der Waals surface area contributed by atoms with E-state index in [4.69, 9.17) is 0 Å². The molecule has 0 unspecified atom stereocenters. The van der Waals surface area contributed by atoms with Crippen LogP contribution in [-0.4, -0.2) is 11.8 Å². The van der Waals surface area contributed by atoms with Gasteiger partial charge < -0.3 is 10.6 Å². The van der Waals surface area contributed by atoms with Crippen molar-refractivity contribution < 1.29 is 27.2 Å². The molecule has 0 aliphatic carbocycles. The number of alkyl halides is 3. The van der Waals surface area contributed by atoms with E-state index in [1.807, 2.05) is 0 Å². The fraction of sp³-hybridized carbons (Fsp3) is 0.176. The van der Waals surface area contributed by atoms with Crippen LogP contribution in [0.1, 0.15) is 17.5 Å². The Morgan fingerprint density at radius 3 is 2.04 bits per heavy atom. The van der Waals surface area contributed by atoms with E-state index < -0.39 is 35.8 Å². The number of hydrogen-bond donors (Lipinski definition) is 2. The highest BCUT2D eigenvalue weighted by molar-refractivity contribution is 6.03. The molecule has 0 saturated heterocycles. The summed E-state index contributed by atoms with van der Waals surface area (Å²) < 4.78 is 50.1. The van der Waals surface area contributed by atoms with Crippen molar-refractivity contribution in [2.24, 2.45) is 0 Å². The van der Waals surface area contributed by atoms with Crippen LogP contribution < -0.4 is 10.6 Å². The van der Waals surface area contributed by atoms with E-state index in [0.717, 1.165) is 24.3 Å². The summed E-state index contributed by atoms with van der Waals surface area (Å²) in [4.78, 5) is 23.4. The Kier molecular flexibility index (Phi) is 5.74. The third-order valence-corrected chi connectivity index (χ3v) is 3.22. The maximum absolute atomic E-state index is 12.8. The summed E-state index contributed by atoms with van der Waals surface area (Å²) >= 11 is 0. The van der Waals surface area contributed by atoms with Crippen molar-refractivity contribution in [2.45, 2.75) is 19.1 Å². The van der Waals surface area contributed by atoms with E-state index in [2.05, 4.69) is 10.6 Å². The van der Waals surface area contributed by atoms with Gasteiger partial charge in [-0.3, -0.25) is 9.59 Å². The molecule has 2 aromatic rings. The third-order valence-electron chi connectivity index (χ3n) is 3.22. The van der Waals surface area contributed by atoms with Gasteiger partial charge in [-0.05, 0) is 42.0 Å². The lowest BCUT2D eigenvalue weighted by atomic mass is 10.2. The number of nitrogens with one attached hydrogen (secondary N) is 2. The highest BCUT2D eigenvalue weighted by Gasteiger charge is 2.29. The molecule has 25 heavy (non-hydrogen) atoms. The Labute approximate surface area is 140 Å². The summed E-state index contributed by atoms with van der Waals surface area (Å²) in [6, 6.07) is 9.39. The molecule has 8 heteroatoms. The van der Waals surface area contributed by atoms with Gasteiger partial charge in [0.05, 0.1) is 5.56 Å². The van der Waals surface area contributed by atoms with E-state index in [1.54, 1.807) is 0 Å². The highest BCUT2D eigenvalue weighted by Crippen LogP contribution is 2.29. The van der Waals surface area contributed by atoms with Crippen LogP contribution in [-0.2, 0) is 22.3 Å². The molecule has 0 spiro atoms. The Morgan fingerprint density at radius 1 is 0.880 bits per heavy atom. The minimum atomic E-state index is -4.46. The SMILES string of the molecule is O=C(CC(=O)Nc1ccc(C(F)(F)F)cc1)NCc1ccc(F)cc1. The lowest BCUT2D eigenvalue weighted by Gasteiger charge is -2.09. The molecule has 0 aliphatic heterocycles. The van der Waals surface area contributed by atoms with Gasteiger partial charge in [0.25, 0.3) is 0 Å². The third kappa shape index (κ3) is 5.91. The number of carbonyl (C=O) groups is 2. The van der Waals surface area contributed by atoms with E-state index >= 15 is 0 Å². The van der Waals surface area contributed by atoms with Crippen molar-refractivity contribution in [1.29, 1.82) is 0 Å². The monoisotopic (exact) mass is 354 g/mol. The summed E-state index contributed by atoms with van der Waals surface area (Å²) in [6.45, 7) is 0.132. The second-order valence-corrected chi connectivity index (χ2v) is 5.20. The lowest BCUT2D eigenvalue weighted by Crippen LogP contribution is -2.27. The van der Waals surface area contributed by atoms with Crippen LogP contribution in [0.15, 0.2) is 48.5 Å². The molecule has 0 heterocycles. The number of carbonyl (C=O) groups excluding carboxylic acids is 2. The molecule has 0 aliphatic rings. The molecule has 0 bridgehead atoms. The largest absolute Gasteiger partial charge is 0.416 e. The van der Waals surface area contributed by atoms with Gasteiger partial charge in [0.1, 0.15) is 12.2 Å². The first-order valence-electron chi connectivity index (χ1n) is 7.22. The Balaban J connectivity index is 1.81. The van der Waals surface area contributed by atoms with Gasteiger partial charge in [-0.15, -0.1) is 0 Å². The van der Waals surface area contributed by atoms with Crippen molar-refractivity contribution >= 4 is 17.5 Å². The van der Waals surface area contributed by atoms with Crippen molar-refractivity contribution in [3.63, 3.8) is 0 Å². The van der Waals surface area contributed by atoms with Gasteiger partial charge in [0.2, 0.25) is 11.8 Å². The number of anilines is 1. The van der Waals surface area contributed by atoms with Gasteiger partial charge in [0, 0.05) is 12.2 Å². The maximum Gasteiger partial charge on any atom is 0.416 e. The Bertz CT molecular complexity index is 741. The Hall–Kier alpha value is -2.90. The topological polar surface area (TPSA) is 58.2 Å². The molecule has 0 radical (unpaired) electrons. The molecule has 2 rings (SSSR count). The molecule has 4 nitrogen and oxygen atoms in total. The smallest absolute Gasteiger partial charge is 0.352 e. The van der Waals surface area contributed by atoms with Gasteiger partial charge in [-0.1, -0.05) is 12.1 Å². The van der Waals surface area contributed by atoms with Gasteiger partial charge in [-0.2, -0.15) is 13.2 Å². The number of halogens is 4. The number of hydrogen-bond acceptors (Lipinski definition) is 2. The number of benzene rings is 2. The molecule has 0 fully saturated rings. The summed E-state index contributed by atoms with van der Waals surface area (Å²) in [5.74, 6) is -1.61. The van der Waals surface area contributed by atoms with Gasteiger partial charge in [-0.25, -0.2) is 4.39 Å². The Morgan fingerprint density at radius 2 is 1.48 bits per heavy atom. The van der Waals surface area contributed by atoms with Crippen LogP contribution in [0, 0.1) is 5.82 Å². The highest BCUT2D eigenvalue weighted by atomic mass is 19.4. The molecular weight excluding hydrogens is 340 g/mol. The second-order valence-electron chi connectivity index (χ2n) is 5.20. The fourth-order valence-corrected chi connectivity index (χ4v) is 1.96. The first kappa shape index (κ1) is 18.4. The minimum absolute atomic E-state index is 0.132. The molecule has 2 N–H and O–H groups in total. The average molecular weight is 354 g/mol. The zero-order valence-electron chi connectivity index (χ0n) is 12.9. The predicted molar refractivity (Wildman–Crippen MR) is 82.9 cm³/mol. The van der Waals surface area contributed by atoms with Crippen LogP contribution >= 0.6 is 0 Å². The lowest BCUT2D eigenvalue weighted by molar-refractivity contribution is -0.137. The minimum Gasteiger partial charge on any atom is -0.352 e. The second kappa shape index (κ2) is 7.78. The first-order chi connectivity index (χ1) is 11.7. The molecule has 2 amide bonds. The van der Waals surface area contributed by atoms with E-state index in [1.165, 1.54) is 24.3 Å². The summed E-state index contributed by atoms with van der Waals surface area (Å²) in [7, 11) is 0. The summed E-state index contributed by atoms with van der Waals surface area (Å²) in [5.41, 5.74) is -0.00947. The normalized spacial score (nSPS) is 11.0. The predicted octanol–water partition coefficient (Wildman–Crippen LogP) is 3.49. The van der Waals surface area contributed by atoms with Gasteiger partial charge in [0.15, 0.2) is 0 Å². The molecule has 0 aromatic heterocycles. The van der Waals surface area contributed by atoms with Crippen molar-refractivity contribution in [2.75, 3.05) is 5.32 Å². The summed E-state index contributed by atoms with van der Waals surface area (Å²) in [5, 5.41) is 4.83. The van der Waals surface area contributed by atoms with Crippen molar-refractivity contribution in [3.8, 4) is 0 Å². The van der Waals surface area contributed by atoms with Crippen LogP contribution in [0.2, 0.25) is 0 Å². The van der Waals surface area contributed by atoms with E-state index in [0.29, 0.717) is 5.56 Å². The zero-order valence-corrected chi connectivity index (χ0v) is 12.9. The average Bonchev–Trinajstić information content (AvgIpc) is 2.54. The molecule has 2 aromatic carbocycles. The van der Waals surface area contributed by atoms with Gasteiger partial charge >= 0.3 is 6.18 Å². The number of rotatable bonds is 5. The quantitative estimate of drug-likeness (QED) is 0.638. The van der Waals surface area contributed by atoms with Crippen molar-refractivity contribution in [3.05, 3.63) is 65.5 Å².